The molecule has 1 aliphatic rings. The van der Waals surface area contributed by atoms with Gasteiger partial charge in [0.15, 0.2) is 0 Å². The Morgan fingerprint density at radius 3 is 2.69 bits per heavy atom. The van der Waals surface area contributed by atoms with Gasteiger partial charge in [-0.2, -0.15) is 0 Å². The van der Waals surface area contributed by atoms with E-state index in [4.69, 9.17) is 0 Å². The summed E-state index contributed by atoms with van der Waals surface area (Å²) in [4.78, 5) is 13.8. The first-order valence-corrected chi connectivity index (χ1v) is 4.98. The number of carbonyl (C=O) groups is 1. The van der Waals surface area contributed by atoms with Crippen molar-refractivity contribution in [3.05, 3.63) is 0 Å². The van der Waals surface area contributed by atoms with Crippen molar-refractivity contribution in [2.24, 2.45) is 5.92 Å². The average molecular weight is 184 g/mol. The van der Waals surface area contributed by atoms with E-state index < -0.39 is 0 Å². The van der Waals surface area contributed by atoms with Crippen LogP contribution in [0, 0.1) is 5.92 Å². The molecule has 0 saturated carbocycles. The molecule has 1 heterocycles. The fraction of sp³-hybridized carbons (Fsp3) is 0.900. The van der Waals surface area contributed by atoms with E-state index in [9.17, 15) is 4.79 Å². The maximum Gasteiger partial charge on any atom is 0.242 e. The van der Waals surface area contributed by atoms with Gasteiger partial charge >= 0.3 is 0 Å². The summed E-state index contributed by atoms with van der Waals surface area (Å²) in [7, 11) is 0. The lowest BCUT2D eigenvalue weighted by atomic mass is 10.00. The van der Waals surface area contributed by atoms with Gasteiger partial charge in [-0.3, -0.25) is 4.79 Å². The molecule has 1 N–H and O–H groups in total. The van der Waals surface area contributed by atoms with Crippen LogP contribution in [0.4, 0.5) is 0 Å². The standard InChI is InChI=1S/C10H20N2O/c1-8(2)7-12-6-5-11-10(3,4)9(12)13/h8,11H,5-7H2,1-4H3. The molecule has 1 fully saturated rings. The zero-order chi connectivity index (χ0) is 10.1. The van der Waals surface area contributed by atoms with Crippen LogP contribution in [-0.2, 0) is 4.79 Å². The quantitative estimate of drug-likeness (QED) is 0.690. The molecule has 0 radical (unpaired) electrons. The second kappa shape index (κ2) is 3.66. The summed E-state index contributed by atoms with van der Waals surface area (Å²) < 4.78 is 0. The molecule has 1 rings (SSSR count). The third kappa shape index (κ3) is 2.44. The highest BCUT2D eigenvalue weighted by molar-refractivity contribution is 5.86. The Hall–Kier alpha value is -0.570. The van der Waals surface area contributed by atoms with Gasteiger partial charge in [0, 0.05) is 19.6 Å². The summed E-state index contributed by atoms with van der Waals surface area (Å²) in [6.45, 7) is 10.8. The summed E-state index contributed by atoms with van der Waals surface area (Å²) in [6.07, 6.45) is 0. The molecule has 0 unspecified atom stereocenters. The monoisotopic (exact) mass is 184 g/mol. The predicted molar refractivity (Wildman–Crippen MR) is 53.5 cm³/mol. The highest BCUT2D eigenvalue weighted by Gasteiger charge is 2.34. The average Bonchev–Trinajstić information content (AvgIpc) is 1.98. The van der Waals surface area contributed by atoms with Crippen LogP contribution >= 0.6 is 0 Å². The largest absolute Gasteiger partial charge is 0.340 e. The van der Waals surface area contributed by atoms with E-state index in [1.54, 1.807) is 0 Å². The normalized spacial score (nSPS) is 22.5. The molecule has 0 aliphatic carbocycles. The molecule has 1 amide bonds. The van der Waals surface area contributed by atoms with E-state index in [1.165, 1.54) is 0 Å². The highest BCUT2D eigenvalue weighted by atomic mass is 16.2. The molecule has 13 heavy (non-hydrogen) atoms. The van der Waals surface area contributed by atoms with Crippen LogP contribution in [0.25, 0.3) is 0 Å². The molecule has 0 aromatic carbocycles. The number of hydrogen-bond acceptors (Lipinski definition) is 2. The summed E-state index contributed by atoms with van der Waals surface area (Å²) in [5, 5.41) is 3.22. The molecule has 0 bridgehead atoms. The summed E-state index contributed by atoms with van der Waals surface area (Å²) in [6, 6.07) is 0. The topological polar surface area (TPSA) is 32.3 Å². The molecule has 76 valence electrons. The Labute approximate surface area is 80.5 Å². The molecular formula is C10H20N2O. The van der Waals surface area contributed by atoms with Crippen molar-refractivity contribution in [3.63, 3.8) is 0 Å². The van der Waals surface area contributed by atoms with E-state index in [0.29, 0.717) is 5.92 Å². The van der Waals surface area contributed by atoms with Gasteiger partial charge < -0.3 is 10.2 Å². The first-order valence-electron chi connectivity index (χ1n) is 4.98. The van der Waals surface area contributed by atoms with Gasteiger partial charge in [-0.05, 0) is 19.8 Å². The van der Waals surface area contributed by atoms with Gasteiger partial charge in [0.1, 0.15) is 0 Å². The predicted octanol–water partition coefficient (Wildman–Crippen LogP) is 0.853. The number of rotatable bonds is 2. The zero-order valence-corrected chi connectivity index (χ0v) is 9.05. The lowest BCUT2D eigenvalue weighted by Crippen LogP contribution is -2.61. The van der Waals surface area contributed by atoms with Gasteiger partial charge in [0.2, 0.25) is 5.91 Å². The van der Waals surface area contributed by atoms with Crippen molar-refractivity contribution in [1.29, 1.82) is 0 Å². The minimum absolute atomic E-state index is 0.229. The summed E-state index contributed by atoms with van der Waals surface area (Å²) in [5.74, 6) is 0.783. The van der Waals surface area contributed by atoms with Crippen molar-refractivity contribution in [3.8, 4) is 0 Å². The first-order chi connectivity index (χ1) is 5.93. The smallest absolute Gasteiger partial charge is 0.242 e. The Kier molecular flexibility index (Phi) is 2.96. The van der Waals surface area contributed by atoms with Crippen LogP contribution in [0.3, 0.4) is 0 Å². The van der Waals surface area contributed by atoms with Crippen LogP contribution < -0.4 is 5.32 Å². The number of piperazine rings is 1. The molecule has 0 aromatic rings. The minimum atomic E-state index is -0.368. The first kappa shape index (κ1) is 10.5. The fourth-order valence-electron chi connectivity index (χ4n) is 1.69. The third-order valence-corrected chi connectivity index (χ3v) is 2.36. The Morgan fingerprint density at radius 2 is 2.15 bits per heavy atom. The molecule has 0 spiro atoms. The Morgan fingerprint density at radius 1 is 1.54 bits per heavy atom. The number of amides is 1. The van der Waals surface area contributed by atoms with Crippen LogP contribution in [0.15, 0.2) is 0 Å². The molecule has 3 nitrogen and oxygen atoms in total. The summed E-state index contributed by atoms with van der Waals surface area (Å²) in [5.41, 5.74) is -0.368. The van der Waals surface area contributed by atoms with Crippen LogP contribution in [0.1, 0.15) is 27.7 Å². The third-order valence-electron chi connectivity index (χ3n) is 2.36. The number of carbonyl (C=O) groups excluding carboxylic acids is 1. The van der Waals surface area contributed by atoms with E-state index >= 15 is 0 Å². The van der Waals surface area contributed by atoms with Gasteiger partial charge in [0.25, 0.3) is 0 Å². The van der Waals surface area contributed by atoms with E-state index in [2.05, 4.69) is 19.2 Å². The van der Waals surface area contributed by atoms with Crippen LogP contribution in [-0.4, -0.2) is 36.0 Å². The molecule has 1 saturated heterocycles. The lowest BCUT2D eigenvalue weighted by Gasteiger charge is -2.38. The second-order valence-corrected chi connectivity index (χ2v) is 4.70. The maximum atomic E-state index is 11.8. The van der Waals surface area contributed by atoms with Crippen molar-refractivity contribution in [1.82, 2.24) is 10.2 Å². The highest BCUT2D eigenvalue weighted by Crippen LogP contribution is 2.13. The van der Waals surface area contributed by atoms with E-state index in [0.717, 1.165) is 19.6 Å². The zero-order valence-electron chi connectivity index (χ0n) is 9.05. The SMILES string of the molecule is CC(C)CN1CCNC(C)(C)C1=O. The minimum Gasteiger partial charge on any atom is -0.340 e. The lowest BCUT2D eigenvalue weighted by molar-refractivity contribution is -0.140. The van der Waals surface area contributed by atoms with Crippen molar-refractivity contribution < 1.29 is 4.79 Å². The molecule has 3 heteroatoms. The van der Waals surface area contributed by atoms with Crippen molar-refractivity contribution in [2.75, 3.05) is 19.6 Å². The molecule has 0 aromatic heterocycles. The van der Waals surface area contributed by atoms with E-state index in [1.807, 2.05) is 18.7 Å². The fourth-order valence-corrected chi connectivity index (χ4v) is 1.69. The maximum absolute atomic E-state index is 11.8. The molecule has 1 aliphatic heterocycles. The van der Waals surface area contributed by atoms with Crippen molar-refractivity contribution in [2.45, 2.75) is 33.2 Å². The van der Waals surface area contributed by atoms with Gasteiger partial charge in [-0.1, -0.05) is 13.8 Å². The van der Waals surface area contributed by atoms with Gasteiger partial charge in [-0.15, -0.1) is 0 Å². The molecule has 0 atom stereocenters. The van der Waals surface area contributed by atoms with Gasteiger partial charge in [-0.25, -0.2) is 0 Å². The van der Waals surface area contributed by atoms with Crippen molar-refractivity contribution >= 4 is 5.91 Å². The Balaban J connectivity index is 2.61. The molecular weight excluding hydrogens is 164 g/mol. The van der Waals surface area contributed by atoms with E-state index in [-0.39, 0.29) is 11.4 Å². The number of hydrogen-bond donors (Lipinski definition) is 1. The van der Waals surface area contributed by atoms with Gasteiger partial charge in [0.05, 0.1) is 5.54 Å². The van der Waals surface area contributed by atoms with Crippen LogP contribution in [0.5, 0.6) is 0 Å². The number of nitrogens with one attached hydrogen (secondary N) is 1. The summed E-state index contributed by atoms with van der Waals surface area (Å²) >= 11 is 0. The number of nitrogens with zero attached hydrogens (tertiary/aromatic N) is 1. The second-order valence-electron chi connectivity index (χ2n) is 4.70. The Bertz CT molecular complexity index is 199. The van der Waals surface area contributed by atoms with Crippen LogP contribution in [0.2, 0.25) is 0 Å².